The lowest BCUT2D eigenvalue weighted by Gasteiger charge is -2.37. The summed E-state index contributed by atoms with van der Waals surface area (Å²) in [6.07, 6.45) is 30.6. The quantitative estimate of drug-likeness (QED) is 0.0253. The Balaban J connectivity index is 0.000000218. The van der Waals surface area contributed by atoms with Crippen LogP contribution in [0.2, 0.25) is 0 Å². The first-order valence-electron chi connectivity index (χ1n) is 32.7. The molecule has 0 aromatic rings. The summed E-state index contributed by atoms with van der Waals surface area (Å²) in [4.78, 5) is 48.5. The summed E-state index contributed by atoms with van der Waals surface area (Å²) in [6.45, 7) is 30.1. The van der Waals surface area contributed by atoms with Gasteiger partial charge in [-0.25, -0.2) is 0 Å². The van der Waals surface area contributed by atoms with Crippen molar-refractivity contribution in [2.75, 3.05) is 53.9 Å². The molecule has 16 nitrogen and oxygen atoms in total. The molecule has 8 aliphatic heterocycles. The lowest BCUT2D eigenvalue weighted by Crippen LogP contribution is -2.51. The fourth-order valence-corrected chi connectivity index (χ4v) is 13.2. The number of carbonyl (C=O) groups is 4. The third kappa shape index (κ3) is 17.2. The summed E-state index contributed by atoms with van der Waals surface area (Å²) in [5, 5.41) is 0. The van der Waals surface area contributed by atoms with E-state index in [1.54, 1.807) is 21.0 Å². The number of hydrogen-bond acceptors (Lipinski definition) is 16. The second-order valence-electron chi connectivity index (χ2n) is 24.5. The van der Waals surface area contributed by atoms with Crippen molar-refractivity contribution in [3.05, 3.63) is 48.6 Å². The van der Waals surface area contributed by atoms with Gasteiger partial charge in [0.2, 0.25) is 0 Å². The average molecular weight is 1190 g/mol. The number of ether oxygens (including phenoxy) is 12. The van der Waals surface area contributed by atoms with Crippen LogP contribution in [0, 0.1) is 41.4 Å². The monoisotopic (exact) mass is 1180 g/mol. The Bertz CT molecular complexity index is 2110. The number of Topliss-reactive ketones (excluding diaryl/α,β-unsaturated/α-hetero) is 2. The first kappa shape index (κ1) is 71.6. The van der Waals surface area contributed by atoms with E-state index in [1.807, 2.05) is 57.2 Å². The minimum absolute atomic E-state index is 0.0333. The van der Waals surface area contributed by atoms with Crippen molar-refractivity contribution in [3.8, 4) is 0 Å². The predicted octanol–water partition coefficient (Wildman–Crippen LogP) is 12.6. The van der Waals surface area contributed by atoms with Gasteiger partial charge in [0.05, 0.1) is 87.2 Å². The molecular formula is C68H112O16. The van der Waals surface area contributed by atoms with Gasteiger partial charge in [-0.05, 0) is 109 Å². The van der Waals surface area contributed by atoms with Crippen LogP contribution in [0.1, 0.15) is 193 Å². The van der Waals surface area contributed by atoms with Crippen LogP contribution in [0.3, 0.4) is 0 Å². The molecule has 15 unspecified atom stereocenters. The molecular weight excluding hydrogens is 1070 g/mol. The molecule has 84 heavy (non-hydrogen) atoms. The van der Waals surface area contributed by atoms with Gasteiger partial charge >= 0.3 is 11.9 Å². The molecule has 0 spiro atoms. The van der Waals surface area contributed by atoms with Crippen molar-refractivity contribution in [1.29, 1.82) is 0 Å². The zero-order valence-electron chi connectivity index (χ0n) is 54.4. The summed E-state index contributed by atoms with van der Waals surface area (Å²) < 4.78 is 70.6. The molecule has 4 fully saturated rings. The lowest BCUT2D eigenvalue weighted by atomic mass is 9.77. The van der Waals surface area contributed by atoms with Crippen LogP contribution in [0.4, 0.5) is 0 Å². The van der Waals surface area contributed by atoms with Crippen molar-refractivity contribution in [1.82, 2.24) is 0 Å². The van der Waals surface area contributed by atoms with Crippen LogP contribution < -0.4 is 0 Å². The molecule has 16 heteroatoms. The van der Waals surface area contributed by atoms with Crippen molar-refractivity contribution in [2.24, 2.45) is 41.4 Å². The maximum absolute atomic E-state index is 13.3. The van der Waals surface area contributed by atoms with Crippen LogP contribution in [0.25, 0.3) is 0 Å². The Hall–Kier alpha value is -3.16. The Morgan fingerprint density at radius 3 is 1.20 bits per heavy atom. The molecule has 0 N–H and O–H groups in total. The van der Waals surface area contributed by atoms with E-state index < -0.39 is 35.0 Å². The van der Waals surface area contributed by atoms with Crippen LogP contribution in [-0.2, 0) is 76.0 Å². The molecule has 0 aliphatic carbocycles. The van der Waals surface area contributed by atoms with Gasteiger partial charge in [0.25, 0.3) is 0 Å². The smallest absolute Gasteiger partial charge is 0.312 e. The predicted molar refractivity (Wildman–Crippen MR) is 324 cm³/mol. The van der Waals surface area contributed by atoms with E-state index >= 15 is 0 Å². The van der Waals surface area contributed by atoms with E-state index in [4.69, 9.17) is 56.8 Å². The van der Waals surface area contributed by atoms with Gasteiger partial charge in [0, 0.05) is 26.9 Å². The zero-order chi connectivity index (χ0) is 61.7. The summed E-state index contributed by atoms with van der Waals surface area (Å²) in [5.74, 6) is 0.526. The van der Waals surface area contributed by atoms with Crippen molar-refractivity contribution >= 4 is 23.5 Å². The van der Waals surface area contributed by atoms with E-state index in [2.05, 4.69) is 67.5 Å². The number of methoxy groups -OCH3 is 2. The highest BCUT2D eigenvalue weighted by atomic mass is 16.7. The third-order valence-corrected chi connectivity index (χ3v) is 19.1. The molecule has 8 aliphatic rings. The Labute approximate surface area is 505 Å². The summed E-state index contributed by atoms with van der Waals surface area (Å²) in [6, 6.07) is 0. The van der Waals surface area contributed by atoms with Crippen molar-refractivity contribution in [3.63, 3.8) is 0 Å². The van der Waals surface area contributed by atoms with Gasteiger partial charge in [-0.1, -0.05) is 150 Å². The molecule has 0 aromatic carbocycles. The highest BCUT2D eigenvalue weighted by Gasteiger charge is 2.62. The zero-order valence-corrected chi connectivity index (χ0v) is 54.4. The number of carbonyl (C=O) groups excluding carboxylic acids is 4. The fraction of sp³-hybridized carbons (Fsp3) is 0.824. The largest absolute Gasteiger partial charge is 0.469 e. The van der Waals surface area contributed by atoms with E-state index in [0.29, 0.717) is 70.2 Å². The molecule has 15 atom stereocenters. The van der Waals surface area contributed by atoms with Crippen molar-refractivity contribution < 1.29 is 76.0 Å². The molecule has 8 heterocycles. The van der Waals surface area contributed by atoms with E-state index in [0.717, 1.165) is 77.0 Å². The summed E-state index contributed by atoms with van der Waals surface area (Å²) in [7, 11) is 3.07. The normalized spacial score (nSPS) is 31.6. The number of hydrogen-bond donors (Lipinski definition) is 0. The minimum Gasteiger partial charge on any atom is -0.469 e. The minimum atomic E-state index is -0.884. The third-order valence-electron chi connectivity index (χ3n) is 19.1. The van der Waals surface area contributed by atoms with E-state index in [9.17, 15) is 19.2 Å². The first-order valence-corrected chi connectivity index (χ1v) is 32.7. The molecule has 0 radical (unpaired) electrons. The maximum Gasteiger partial charge on any atom is 0.312 e. The van der Waals surface area contributed by atoms with Gasteiger partial charge in [0.1, 0.15) is 22.8 Å². The average Bonchev–Trinajstić information content (AvgIpc) is 2.64. The SMILES string of the molecule is CCCCC(CC)COC(=O)C1CC2C=CC1(C(OCC(CC)CC)OCC(CC)CC)O2.CCCCOC(OCCCC)C12C=CC(CC1C(=O)OC)O2.CCOC(C)C12C=CC(CC1C(C)=O)O2.COC(C)C12C=CC(CC1C(C)=O)O2. The highest BCUT2D eigenvalue weighted by Crippen LogP contribution is 2.50. The van der Waals surface area contributed by atoms with E-state index in [-0.39, 0.29) is 83.8 Å². The van der Waals surface area contributed by atoms with Crippen LogP contribution >= 0.6 is 0 Å². The lowest BCUT2D eigenvalue weighted by molar-refractivity contribution is -0.244. The number of ketones is 2. The summed E-state index contributed by atoms with van der Waals surface area (Å²) in [5.41, 5.74) is -2.71. The highest BCUT2D eigenvalue weighted by molar-refractivity contribution is 5.82. The molecule has 0 saturated carbocycles. The van der Waals surface area contributed by atoms with Crippen molar-refractivity contribution in [2.45, 2.75) is 264 Å². The number of unbranched alkanes of at least 4 members (excludes halogenated alkanes) is 3. The standard InChI is InChI=1S/C28H50O5.C17H28O5.C12H18O3.C11H16O3/c1-7-13-14-23(12-6)20-30-26(29)25-17-24-15-16-28(25,33-24)27(31-18-21(8-2)9-3)32-19-22(10-4)11-5;1-4-6-10-20-16(21-11-7-5-2)17-9-8-13(22-17)12-14(17)15(18)19-3;1-4-14-9(3)12-6-5-10(15-12)7-11(12)8(2)13;1-7(12)10-6-9-4-5-11(10,14-9)8(2)13-3/h15-16,21-25,27H,7-14,17-20H2,1-6H3;8-9,13-14,16H,4-7,10-12H2,1-3H3;5-6,9-11H,4,7H2,1-3H3;4-5,8-10H,6H2,1-3H3. The van der Waals surface area contributed by atoms with Crippen LogP contribution in [0.15, 0.2) is 48.6 Å². The molecule has 8 rings (SSSR count). The van der Waals surface area contributed by atoms with Gasteiger partial charge < -0.3 is 56.8 Å². The topological polar surface area (TPSA) is 179 Å². The van der Waals surface area contributed by atoms with Gasteiger partial charge in [-0.3, -0.25) is 19.2 Å². The molecule has 480 valence electrons. The molecule has 8 bridgehead atoms. The second-order valence-corrected chi connectivity index (χ2v) is 24.5. The molecule has 4 saturated heterocycles. The Morgan fingerprint density at radius 1 is 0.464 bits per heavy atom. The molecule has 0 aromatic heterocycles. The number of rotatable bonds is 35. The van der Waals surface area contributed by atoms with Crippen LogP contribution in [-0.4, -0.2) is 149 Å². The Morgan fingerprint density at radius 2 is 0.845 bits per heavy atom. The van der Waals surface area contributed by atoms with E-state index in [1.165, 1.54) is 20.0 Å². The fourth-order valence-electron chi connectivity index (χ4n) is 13.2. The first-order chi connectivity index (χ1) is 40.3. The maximum atomic E-state index is 13.3. The number of fused-ring (bicyclic) bond motifs is 8. The summed E-state index contributed by atoms with van der Waals surface area (Å²) >= 11 is 0. The molecule has 0 amide bonds. The number of esters is 2. The Kier molecular flexibility index (Phi) is 29.5. The van der Waals surface area contributed by atoms with Gasteiger partial charge in [-0.2, -0.15) is 0 Å². The van der Waals surface area contributed by atoms with Gasteiger partial charge in [-0.15, -0.1) is 0 Å². The second kappa shape index (κ2) is 34.6. The van der Waals surface area contributed by atoms with Gasteiger partial charge in [0.15, 0.2) is 23.8 Å². The van der Waals surface area contributed by atoms with Crippen LogP contribution in [0.5, 0.6) is 0 Å².